The molecule has 1 unspecified atom stereocenters. The average Bonchev–Trinajstić information content (AvgIpc) is 2.94. The van der Waals surface area contributed by atoms with Crippen molar-refractivity contribution in [1.29, 1.82) is 0 Å². The van der Waals surface area contributed by atoms with Crippen LogP contribution in [0.4, 0.5) is 4.39 Å². The van der Waals surface area contributed by atoms with E-state index in [2.05, 4.69) is 15.2 Å². The van der Waals surface area contributed by atoms with Gasteiger partial charge in [-0.25, -0.2) is 4.39 Å². The highest BCUT2D eigenvalue weighted by atomic mass is 35.5. The van der Waals surface area contributed by atoms with Crippen molar-refractivity contribution < 1.29 is 4.39 Å². The molecule has 0 radical (unpaired) electrons. The summed E-state index contributed by atoms with van der Waals surface area (Å²) in [6.07, 6.45) is 8.24. The number of nitrogens with zero attached hydrogens (tertiary/aromatic N) is 2. The van der Waals surface area contributed by atoms with Crippen LogP contribution >= 0.6 is 12.4 Å². The van der Waals surface area contributed by atoms with Gasteiger partial charge in [-0.2, -0.15) is 0 Å². The molecule has 112 valence electrons. The molecule has 0 bridgehead atoms. The van der Waals surface area contributed by atoms with Gasteiger partial charge >= 0.3 is 0 Å². The molecule has 2 fully saturated rings. The van der Waals surface area contributed by atoms with Crippen LogP contribution in [0.3, 0.4) is 0 Å². The topological polar surface area (TPSA) is 28.2 Å². The van der Waals surface area contributed by atoms with Crippen LogP contribution in [0.5, 0.6) is 0 Å². The van der Waals surface area contributed by atoms with Gasteiger partial charge in [0.1, 0.15) is 5.82 Å². The minimum Gasteiger partial charge on any atom is -0.314 e. The van der Waals surface area contributed by atoms with Crippen LogP contribution in [0.1, 0.15) is 31.2 Å². The third kappa shape index (κ3) is 3.90. The van der Waals surface area contributed by atoms with Crippen molar-refractivity contribution in [2.45, 2.75) is 38.3 Å². The van der Waals surface area contributed by atoms with Gasteiger partial charge < -0.3 is 5.32 Å². The molecule has 5 heteroatoms. The quantitative estimate of drug-likeness (QED) is 0.930. The number of rotatable bonds is 3. The van der Waals surface area contributed by atoms with E-state index in [9.17, 15) is 4.39 Å². The summed E-state index contributed by atoms with van der Waals surface area (Å²) in [4.78, 5) is 6.33. The maximum Gasteiger partial charge on any atom is 0.141 e. The molecule has 0 spiro atoms. The molecule has 3 rings (SSSR count). The van der Waals surface area contributed by atoms with Crippen molar-refractivity contribution in [3.05, 3.63) is 29.8 Å². The highest BCUT2D eigenvalue weighted by Gasteiger charge is 2.28. The Morgan fingerprint density at radius 2 is 2.05 bits per heavy atom. The molecular formula is C15H23ClFN3. The van der Waals surface area contributed by atoms with E-state index >= 15 is 0 Å². The molecule has 1 aromatic rings. The molecule has 0 saturated carbocycles. The lowest BCUT2D eigenvalue weighted by Crippen LogP contribution is -2.40. The van der Waals surface area contributed by atoms with Gasteiger partial charge in [-0.1, -0.05) is 0 Å². The van der Waals surface area contributed by atoms with Gasteiger partial charge in [0.2, 0.25) is 0 Å². The first kappa shape index (κ1) is 15.7. The lowest BCUT2D eigenvalue weighted by atomic mass is 9.88. The predicted octanol–water partition coefficient (Wildman–Crippen LogP) is 2.61. The summed E-state index contributed by atoms with van der Waals surface area (Å²) in [5.74, 6) is 0.604. The molecule has 0 amide bonds. The first-order valence-corrected chi connectivity index (χ1v) is 7.36. The molecule has 2 saturated heterocycles. The summed E-state index contributed by atoms with van der Waals surface area (Å²) in [5.41, 5.74) is 0.984. The SMILES string of the molecule is Cl.Fc1cncc(CN2CCC(C3CCCN3)CC2)c1. The summed E-state index contributed by atoms with van der Waals surface area (Å²) in [6, 6.07) is 2.34. The third-order valence-corrected chi connectivity index (χ3v) is 4.47. The number of hydrogen-bond donors (Lipinski definition) is 1. The van der Waals surface area contributed by atoms with Crippen LogP contribution in [-0.4, -0.2) is 35.6 Å². The Balaban J connectivity index is 0.00000147. The van der Waals surface area contributed by atoms with Gasteiger partial charge in [-0.05, 0) is 62.9 Å². The van der Waals surface area contributed by atoms with Crippen molar-refractivity contribution in [3.8, 4) is 0 Å². The molecule has 0 aliphatic carbocycles. The van der Waals surface area contributed by atoms with Crippen LogP contribution in [0.15, 0.2) is 18.5 Å². The fourth-order valence-electron chi connectivity index (χ4n) is 3.43. The Hall–Kier alpha value is -0.710. The first-order chi connectivity index (χ1) is 9.31. The van der Waals surface area contributed by atoms with Crippen molar-refractivity contribution in [2.24, 2.45) is 5.92 Å². The number of piperidine rings is 1. The first-order valence-electron chi connectivity index (χ1n) is 7.36. The average molecular weight is 300 g/mol. The maximum absolute atomic E-state index is 13.1. The van der Waals surface area contributed by atoms with Crippen LogP contribution < -0.4 is 5.32 Å². The Labute approximate surface area is 126 Å². The van der Waals surface area contributed by atoms with Gasteiger partial charge in [0.05, 0.1) is 6.20 Å². The minimum absolute atomic E-state index is 0. The Morgan fingerprint density at radius 1 is 1.25 bits per heavy atom. The highest BCUT2D eigenvalue weighted by Crippen LogP contribution is 2.26. The van der Waals surface area contributed by atoms with Gasteiger partial charge in [0.15, 0.2) is 0 Å². The van der Waals surface area contributed by atoms with Crippen molar-refractivity contribution >= 4 is 12.4 Å². The van der Waals surface area contributed by atoms with E-state index in [-0.39, 0.29) is 18.2 Å². The second-order valence-corrected chi connectivity index (χ2v) is 5.83. The summed E-state index contributed by atoms with van der Waals surface area (Å²) >= 11 is 0. The standard InChI is InChI=1S/C15H22FN3.ClH/c16-14-8-12(9-17-10-14)11-19-6-3-13(4-7-19)15-2-1-5-18-15;/h8-10,13,15,18H,1-7,11H2;1H. The Morgan fingerprint density at radius 3 is 2.70 bits per heavy atom. The predicted molar refractivity (Wildman–Crippen MR) is 80.5 cm³/mol. The zero-order valence-electron chi connectivity index (χ0n) is 11.7. The summed E-state index contributed by atoms with van der Waals surface area (Å²) in [6.45, 7) is 4.27. The zero-order chi connectivity index (χ0) is 13.1. The molecular weight excluding hydrogens is 277 g/mol. The number of aromatic nitrogens is 1. The number of pyridine rings is 1. The second-order valence-electron chi connectivity index (χ2n) is 5.83. The number of nitrogens with one attached hydrogen (secondary N) is 1. The van der Waals surface area contributed by atoms with Crippen LogP contribution in [-0.2, 0) is 6.54 Å². The third-order valence-electron chi connectivity index (χ3n) is 4.47. The van der Waals surface area contributed by atoms with E-state index in [0.717, 1.165) is 37.2 Å². The van der Waals surface area contributed by atoms with Gasteiger partial charge in [-0.15, -0.1) is 12.4 Å². The smallest absolute Gasteiger partial charge is 0.141 e. The molecule has 0 aromatic carbocycles. The summed E-state index contributed by atoms with van der Waals surface area (Å²) < 4.78 is 13.1. The Kier molecular flexibility index (Phi) is 5.75. The largest absolute Gasteiger partial charge is 0.314 e. The molecule has 1 N–H and O–H groups in total. The van der Waals surface area contributed by atoms with E-state index in [1.54, 1.807) is 12.3 Å². The normalized spacial score (nSPS) is 24.6. The summed E-state index contributed by atoms with van der Waals surface area (Å²) in [7, 11) is 0. The zero-order valence-corrected chi connectivity index (χ0v) is 12.5. The molecule has 1 atom stereocenters. The van der Waals surface area contributed by atoms with Gasteiger partial charge in [0, 0.05) is 18.8 Å². The van der Waals surface area contributed by atoms with Gasteiger partial charge in [0.25, 0.3) is 0 Å². The van der Waals surface area contributed by atoms with Crippen LogP contribution in [0.2, 0.25) is 0 Å². The van der Waals surface area contributed by atoms with E-state index in [0.29, 0.717) is 0 Å². The van der Waals surface area contributed by atoms with E-state index in [1.807, 2.05) is 0 Å². The van der Waals surface area contributed by atoms with E-state index < -0.39 is 0 Å². The molecule has 2 aliphatic heterocycles. The maximum atomic E-state index is 13.1. The van der Waals surface area contributed by atoms with E-state index in [4.69, 9.17) is 0 Å². The minimum atomic E-state index is -0.234. The molecule has 2 aliphatic rings. The lowest BCUT2D eigenvalue weighted by molar-refractivity contribution is 0.157. The molecule has 20 heavy (non-hydrogen) atoms. The fraction of sp³-hybridized carbons (Fsp3) is 0.667. The molecule has 3 nitrogen and oxygen atoms in total. The number of hydrogen-bond acceptors (Lipinski definition) is 3. The monoisotopic (exact) mass is 299 g/mol. The fourth-order valence-corrected chi connectivity index (χ4v) is 3.43. The molecule has 3 heterocycles. The lowest BCUT2D eigenvalue weighted by Gasteiger charge is -2.34. The van der Waals surface area contributed by atoms with Crippen molar-refractivity contribution in [1.82, 2.24) is 15.2 Å². The number of likely N-dealkylation sites (tertiary alicyclic amines) is 1. The van der Waals surface area contributed by atoms with Crippen molar-refractivity contribution in [3.63, 3.8) is 0 Å². The van der Waals surface area contributed by atoms with Gasteiger partial charge in [-0.3, -0.25) is 9.88 Å². The Bertz CT molecular complexity index is 415. The van der Waals surface area contributed by atoms with Crippen molar-refractivity contribution in [2.75, 3.05) is 19.6 Å². The van der Waals surface area contributed by atoms with E-state index in [1.165, 1.54) is 38.4 Å². The van der Waals surface area contributed by atoms with Crippen LogP contribution in [0.25, 0.3) is 0 Å². The second kappa shape index (κ2) is 7.34. The molecule has 1 aromatic heterocycles. The van der Waals surface area contributed by atoms with Crippen LogP contribution in [0, 0.1) is 11.7 Å². The number of halogens is 2. The summed E-state index contributed by atoms with van der Waals surface area (Å²) in [5, 5.41) is 3.62. The highest BCUT2D eigenvalue weighted by molar-refractivity contribution is 5.85.